The Labute approximate surface area is 237 Å². The largest absolute Gasteiger partial charge is 0.495 e. The highest BCUT2D eigenvalue weighted by Gasteiger charge is 2.58. The molecule has 1 aromatic heterocycles. The summed E-state index contributed by atoms with van der Waals surface area (Å²) in [5, 5.41) is 0. The van der Waals surface area contributed by atoms with Gasteiger partial charge in [0.05, 0.1) is 35.8 Å². The molecular weight excluding hydrogens is 566 g/mol. The number of alkyl halides is 6. The molecule has 2 fully saturated rings. The zero-order chi connectivity index (χ0) is 30.4. The number of benzene rings is 2. The first-order valence-corrected chi connectivity index (χ1v) is 13.0. The lowest BCUT2D eigenvalue weighted by Gasteiger charge is -2.44. The number of nitrogens with zero attached hydrogens (tertiary/aromatic N) is 4. The Morgan fingerprint density at radius 1 is 0.952 bits per heavy atom. The summed E-state index contributed by atoms with van der Waals surface area (Å²) in [6, 6.07) is 11.4. The van der Waals surface area contributed by atoms with Crippen LogP contribution in [0.25, 0.3) is 0 Å². The number of piperidine rings is 1. The van der Waals surface area contributed by atoms with Crippen molar-refractivity contribution in [3.05, 3.63) is 83.7 Å². The van der Waals surface area contributed by atoms with E-state index >= 15 is 0 Å². The van der Waals surface area contributed by atoms with Gasteiger partial charge in [0.1, 0.15) is 17.5 Å². The molecule has 42 heavy (non-hydrogen) atoms. The van der Waals surface area contributed by atoms with Crippen LogP contribution in [0.1, 0.15) is 41.3 Å². The fourth-order valence-electron chi connectivity index (χ4n) is 5.86. The molecule has 1 spiro atoms. The molecule has 0 saturated carbocycles. The van der Waals surface area contributed by atoms with Gasteiger partial charge >= 0.3 is 12.4 Å². The summed E-state index contributed by atoms with van der Waals surface area (Å²) < 4.78 is 86.0. The number of likely N-dealkylation sites (tertiary alicyclic amines) is 1. The molecule has 2 aliphatic rings. The summed E-state index contributed by atoms with van der Waals surface area (Å²) in [7, 11) is 1.50. The number of pyridine rings is 1. The third-order valence-electron chi connectivity index (χ3n) is 7.81. The Morgan fingerprint density at radius 2 is 1.57 bits per heavy atom. The molecule has 222 valence electrons. The molecule has 2 aromatic carbocycles. The van der Waals surface area contributed by atoms with Gasteiger partial charge < -0.3 is 14.5 Å². The highest BCUT2D eigenvalue weighted by atomic mass is 19.4. The van der Waals surface area contributed by atoms with Crippen LogP contribution in [0.5, 0.6) is 5.75 Å². The molecule has 3 heterocycles. The van der Waals surface area contributed by atoms with E-state index in [0.717, 1.165) is 0 Å². The lowest BCUT2D eigenvalue weighted by Crippen LogP contribution is -2.58. The van der Waals surface area contributed by atoms with Crippen LogP contribution in [0.2, 0.25) is 0 Å². The van der Waals surface area contributed by atoms with Gasteiger partial charge in [-0.05, 0) is 62.2 Å². The second-order valence-electron chi connectivity index (χ2n) is 10.2. The number of para-hydroxylation sites is 2. The number of amides is 2. The van der Waals surface area contributed by atoms with Crippen LogP contribution < -0.4 is 14.5 Å². The van der Waals surface area contributed by atoms with E-state index in [2.05, 4.69) is 4.98 Å². The Bertz CT molecular complexity index is 1450. The number of ether oxygens (including phenoxy) is 1. The molecule has 2 saturated heterocycles. The Morgan fingerprint density at radius 3 is 2.12 bits per heavy atom. The molecule has 0 radical (unpaired) electrons. The minimum Gasteiger partial charge on any atom is -0.495 e. The number of methoxy groups -OCH3 is 1. The number of hydrogen-bond acceptors (Lipinski definition) is 5. The van der Waals surface area contributed by atoms with Crippen molar-refractivity contribution < 1.29 is 40.7 Å². The van der Waals surface area contributed by atoms with Crippen molar-refractivity contribution in [2.75, 3.05) is 30.0 Å². The fourth-order valence-corrected chi connectivity index (χ4v) is 5.86. The van der Waals surface area contributed by atoms with Gasteiger partial charge in [-0.15, -0.1) is 0 Å². The van der Waals surface area contributed by atoms with E-state index in [9.17, 15) is 35.9 Å². The quantitative estimate of drug-likeness (QED) is 0.348. The summed E-state index contributed by atoms with van der Waals surface area (Å²) in [6.45, 7) is 1.67. The van der Waals surface area contributed by atoms with Crippen molar-refractivity contribution >= 4 is 23.2 Å². The number of carbonyl (C=O) groups excluding carboxylic acids is 2. The van der Waals surface area contributed by atoms with Crippen LogP contribution >= 0.6 is 0 Å². The molecule has 3 aromatic rings. The minimum atomic E-state index is -5.08. The van der Waals surface area contributed by atoms with Crippen molar-refractivity contribution in [1.29, 1.82) is 0 Å². The minimum absolute atomic E-state index is 0.0152. The Balaban J connectivity index is 1.50. The predicted octanol–water partition coefficient (Wildman–Crippen LogP) is 6.00. The lowest BCUT2D eigenvalue weighted by molar-refractivity contribution is -0.143. The van der Waals surface area contributed by atoms with E-state index in [1.807, 2.05) is 11.8 Å². The van der Waals surface area contributed by atoms with Gasteiger partial charge in [0.25, 0.3) is 11.8 Å². The fraction of sp³-hybridized carbons (Fsp3) is 0.345. The van der Waals surface area contributed by atoms with Crippen LogP contribution in [0, 0.1) is 0 Å². The zero-order valence-corrected chi connectivity index (χ0v) is 22.5. The molecule has 0 bridgehead atoms. The van der Waals surface area contributed by atoms with E-state index in [1.165, 1.54) is 12.0 Å². The molecule has 2 aliphatic heterocycles. The second kappa shape index (κ2) is 10.5. The normalized spacial score (nSPS) is 19.0. The maximum absolute atomic E-state index is 14.2. The summed E-state index contributed by atoms with van der Waals surface area (Å²) in [5.74, 6) is -0.737. The maximum Gasteiger partial charge on any atom is 0.416 e. The lowest BCUT2D eigenvalue weighted by atomic mass is 9.84. The Kier molecular flexibility index (Phi) is 7.32. The van der Waals surface area contributed by atoms with Crippen molar-refractivity contribution in [1.82, 2.24) is 9.88 Å². The van der Waals surface area contributed by atoms with E-state index < -0.39 is 46.7 Å². The first-order chi connectivity index (χ1) is 19.8. The predicted molar refractivity (Wildman–Crippen MR) is 141 cm³/mol. The second-order valence-corrected chi connectivity index (χ2v) is 10.2. The molecule has 0 aliphatic carbocycles. The number of anilines is 2. The zero-order valence-electron chi connectivity index (χ0n) is 22.5. The first-order valence-electron chi connectivity index (χ1n) is 13.0. The molecule has 13 heteroatoms. The summed E-state index contributed by atoms with van der Waals surface area (Å²) in [5.41, 5.74) is -3.86. The number of aromatic nitrogens is 1. The van der Waals surface area contributed by atoms with Crippen molar-refractivity contribution in [3.8, 4) is 5.75 Å². The van der Waals surface area contributed by atoms with Gasteiger partial charge in [-0.3, -0.25) is 19.5 Å². The van der Waals surface area contributed by atoms with Gasteiger partial charge in [-0.1, -0.05) is 12.1 Å². The average Bonchev–Trinajstić information content (AvgIpc) is 3.17. The summed E-state index contributed by atoms with van der Waals surface area (Å²) in [4.78, 5) is 36.3. The van der Waals surface area contributed by atoms with Crippen LogP contribution in [0.4, 0.5) is 37.7 Å². The van der Waals surface area contributed by atoms with Gasteiger partial charge in [-0.2, -0.15) is 26.3 Å². The first kappa shape index (κ1) is 29.2. The number of rotatable bonds is 4. The van der Waals surface area contributed by atoms with Gasteiger partial charge in [0.2, 0.25) is 0 Å². The van der Waals surface area contributed by atoms with Crippen LogP contribution in [-0.4, -0.2) is 53.6 Å². The van der Waals surface area contributed by atoms with E-state index in [4.69, 9.17) is 4.74 Å². The molecule has 1 atom stereocenters. The molecule has 7 nitrogen and oxygen atoms in total. The molecule has 5 rings (SSSR count). The number of hydrogen-bond donors (Lipinski definition) is 0. The standard InChI is InChI=1S/C29H26F6N4O3/c1-18-38(22-6-5-11-36-17-22)26(41)27(39(18)23-7-3-4-8-24(23)42-2)9-12-37(13-10-27)25(40)19-14-20(28(30,31)32)16-21(15-19)29(33,34)35/h3-8,11,14-18H,9-10,12-13H2,1-2H3. The Hall–Kier alpha value is -4.29. The van der Waals surface area contributed by atoms with Crippen molar-refractivity contribution in [3.63, 3.8) is 0 Å². The van der Waals surface area contributed by atoms with Crippen LogP contribution in [0.15, 0.2) is 67.0 Å². The maximum atomic E-state index is 14.2. The van der Waals surface area contributed by atoms with E-state index in [0.29, 0.717) is 29.3 Å². The summed E-state index contributed by atoms with van der Waals surface area (Å²) >= 11 is 0. The van der Waals surface area contributed by atoms with Gasteiger partial charge in [0, 0.05) is 24.8 Å². The number of halogens is 6. The smallest absolute Gasteiger partial charge is 0.416 e. The number of carbonyl (C=O) groups is 2. The third-order valence-corrected chi connectivity index (χ3v) is 7.81. The van der Waals surface area contributed by atoms with Crippen molar-refractivity contribution in [2.45, 2.75) is 43.8 Å². The SMILES string of the molecule is COc1ccccc1N1C(C)N(c2cccnc2)C(=O)C12CCN(C(=O)c1cc(C(F)(F)F)cc(C(F)(F)F)c1)CC2. The monoisotopic (exact) mass is 592 g/mol. The van der Waals surface area contributed by atoms with Crippen LogP contribution in [-0.2, 0) is 17.1 Å². The molecule has 0 N–H and O–H groups in total. The van der Waals surface area contributed by atoms with Crippen LogP contribution in [0.3, 0.4) is 0 Å². The van der Waals surface area contributed by atoms with Gasteiger partial charge in [0.15, 0.2) is 0 Å². The topological polar surface area (TPSA) is 66.0 Å². The van der Waals surface area contributed by atoms with E-state index in [-0.39, 0.29) is 37.9 Å². The molecule has 2 amide bonds. The van der Waals surface area contributed by atoms with Crippen molar-refractivity contribution in [2.24, 2.45) is 0 Å². The average molecular weight is 593 g/mol. The van der Waals surface area contributed by atoms with Gasteiger partial charge in [-0.25, -0.2) is 0 Å². The highest BCUT2D eigenvalue weighted by molar-refractivity contribution is 6.07. The third kappa shape index (κ3) is 5.01. The highest BCUT2D eigenvalue weighted by Crippen LogP contribution is 2.47. The van der Waals surface area contributed by atoms with E-state index in [1.54, 1.807) is 53.7 Å². The molecular formula is C29H26F6N4O3. The summed E-state index contributed by atoms with van der Waals surface area (Å²) in [6.07, 6.45) is -7.41. The molecule has 1 unspecified atom stereocenters.